The fourth-order valence-electron chi connectivity index (χ4n) is 3.85. The zero-order valence-electron chi connectivity index (χ0n) is 17.4. The number of unbranched alkanes of at least 4 members (excludes halogenated alkanes) is 1. The number of phenolic OH excluding ortho intramolecular Hbond substituents is 2. The second-order valence-corrected chi connectivity index (χ2v) is 7.86. The van der Waals surface area contributed by atoms with Crippen molar-refractivity contribution in [2.75, 3.05) is 0 Å². The van der Waals surface area contributed by atoms with Gasteiger partial charge < -0.3 is 29.5 Å². The minimum Gasteiger partial charge on any atom is -0.508 e. The highest BCUT2D eigenvalue weighted by atomic mass is 16.8. The van der Waals surface area contributed by atoms with Gasteiger partial charge in [0.2, 0.25) is 0 Å². The normalized spacial score (nSPS) is 24.7. The van der Waals surface area contributed by atoms with E-state index >= 15 is 0 Å². The number of Topliss-reactive ketones (excluding diaryl/α,β-unsaturated/α-hetero) is 1. The average molecular weight is 420 g/mol. The molecule has 0 saturated carbocycles. The number of aliphatic hydroxyl groups is 1. The number of ether oxygens (including phenoxy) is 3. The number of carbonyl (C=O) groups excluding carboxylic acids is 2. The number of rotatable bonds is 9. The van der Waals surface area contributed by atoms with Crippen LogP contribution < -0.4 is 0 Å². The van der Waals surface area contributed by atoms with Crippen molar-refractivity contribution in [1.29, 1.82) is 0 Å². The molecule has 3 N–H and O–H groups in total. The van der Waals surface area contributed by atoms with Crippen molar-refractivity contribution in [3.05, 3.63) is 35.3 Å². The Morgan fingerprint density at radius 3 is 2.63 bits per heavy atom. The second-order valence-electron chi connectivity index (χ2n) is 7.86. The molecule has 164 valence electrons. The number of benzene rings is 1. The Hall–Kier alpha value is -2.74. The van der Waals surface area contributed by atoms with E-state index in [1.165, 1.54) is 25.1 Å². The summed E-state index contributed by atoms with van der Waals surface area (Å²) in [6.45, 7) is 5.46. The van der Waals surface area contributed by atoms with Crippen LogP contribution in [-0.4, -0.2) is 39.3 Å². The van der Waals surface area contributed by atoms with E-state index < -0.39 is 24.0 Å². The third kappa shape index (κ3) is 4.09. The predicted molar refractivity (Wildman–Crippen MR) is 105 cm³/mol. The number of aliphatic hydroxyl groups excluding tert-OH is 1. The summed E-state index contributed by atoms with van der Waals surface area (Å²) < 4.78 is 16.6. The Balaban J connectivity index is 1.75. The first-order valence-electron chi connectivity index (χ1n) is 10.3. The Morgan fingerprint density at radius 2 is 1.97 bits per heavy atom. The summed E-state index contributed by atoms with van der Waals surface area (Å²) in [6, 6.07) is 3.83. The van der Waals surface area contributed by atoms with Crippen LogP contribution in [0.4, 0.5) is 0 Å². The Bertz CT molecular complexity index is 861. The van der Waals surface area contributed by atoms with Crippen molar-refractivity contribution in [3.63, 3.8) is 0 Å². The molecule has 1 aromatic carbocycles. The molecule has 0 bridgehead atoms. The lowest BCUT2D eigenvalue weighted by Crippen LogP contribution is -2.36. The van der Waals surface area contributed by atoms with Gasteiger partial charge in [0.15, 0.2) is 11.9 Å². The van der Waals surface area contributed by atoms with Crippen LogP contribution in [0.3, 0.4) is 0 Å². The molecule has 0 spiro atoms. The molecule has 3 rings (SSSR count). The maximum Gasteiger partial charge on any atom is 0.378 e. The summed E-state index contributed by atoms with van der Waals surface area (Å²) in [4.78, 5) is 24.9. The van der Waals surface area contributed by atoms with E-state index in [1.807, 2.05) is 6.92 Å². The first-order chi connectivity index (χ1) is 14.2. The third-order valence-corrected chi connectivity index (χ3v) is 5.59. The molecule has 0 radical (unpaired) electrons. The fourth-order valence-corrected chi connectivity index (χ4v) is 3.85. The first-order valence-corrected chi connectivity index (χ1v) is 10.3. The van der Waals surface area contributed by atoms with Crippen LogP contribution in [0.2, 0.25) is 0 Å². The van der Waals surface area contributed by atoms with Gasteiger partial charge in [-0.15, -0.1) is 0 Å². The number of ketones is 1. The van der Waals surface area contributed by atoms with E-state index in [1.54, 1.807) is 0 Å². The standard InChI is InChI=1S/C22H28O8/c1-4-6-7-12(5-2)16(25)11-17(26)18-19-20(21(27)28-18)30-22(3,29-19)14-10-13(23)8-9-15(14)24/h8-10,12,17-18,23-24,26H,4-7,11H2,1-3H3. The largest absolute Gasteiger partial charge is 0.508 e. The van der Waals surface area contributed by atoms with Crippen LogP contribution in [0.1, 0.15) is 58.4 Å². The molecular formula is C22H28O8. The Labute approximate surface area is 175 Å². The summed E-state index contributed by atoms with van der Waals surface area (Å²) in [5.74, 6) is -3.20. The highest BCUT2D eigenvalue weighted by molar-refractivity contribution is 5.90. The van der Waals surface area contributed by atoms with Crippen molar-refractivity contribution in [1.82, 2.24) is 0 Å². The van der Waals surface area contributed by atoms with Gasteiger partial charge in [-0.3, -0.25) is 4.79 Å². The second kappa shape index (κ2) is 8.55. The van der Waals surface area contributed by atoms with Crippen LogP contribution in [0.25, 0.3) is 0 Å². The van der Waals surface area contributed by atoms with Gasteiger partial charge in [-0.25, -0.2) is 4.79 Å². The summed E-state index contributed by atoms with van der Waals surface area (Å²) >= 11 is 0. The molecule has 0 amide bonds. The van der Waals surface area contributed by atoms with E-state index in [0.29, 0.717) is 6.42 Å². The molecule has 2 aliphatic rings. The quantitative estimate of drug-likeness (QED) is 0.412. The summed E-state index contributed by atoms with van der Waals surface area (Å²) in [5.41, 5.74) is 0.111. The maximum atomic E-state index is 12.6. The van der Waals surface area contributed by atoms with Crippen molar-refractivity contribution < 1.29 is 39.1 Å². The van der Waals surface area contributed by atoms with Crippen LogP contribution in [0.5, 0.6) is 11.5 Å². The molecule has 2 aliphatic heterocycles. The van der Waals surface area contributed by atoms with E-state index in [2.05, 4.69) is 6.92 Å². The van der Waals surface area contributed by atoms with Gasteiger partial charge in [0.05, 0.1) is 5.56 Å². The van der Waals surface area contributed by atoms with Crippen LogP contribution in [0.15, 0.2) is 29.7 Å². The zero-order chi connectivity index (χ0) is 22.1. The number of cyclic esters (lactones) is 1. The van der Waals surface area contributed by atoms with Gasteiger partial charge >= 0.3 is 5.97 Å². The number of aromatic hydroxyl groups is 2. The third-order valence-electron chi connectivity index (χ3n) is 5.59. The molecule has 0 aliphatic carbocycles. The van der Waals surface area contributed by atoms with E-state index in [4.69, 9.17) is 14.2 Å². The Morgan fingerprint density at radius 1 is 1.23 bits per heavy atom. The number of hydrogen-bond acceptors (Lipinski definition) is 8. The molecule has 0 aromatic heterocycles. The average Bonchev–Trinajstić information content (AvgIpc) is 3.20. The van der Waals surface area contributed by atoms with Crippen molar-refractivity contribution in [3.8, 4) is 11.5 Å². The summed E-state index contributed by atoms with van der Waals surface area (Å²) in [5, 5.41) is 30.5. The lowest BCUT2D eigenvalue weighted by atomic mass is 9.90. The number of carbonyl (C=O) groups is 2. The highest BCUT2D eigenvalue weighted by Gasteiger charge is 2.54. The fraction of sp³-hybridized carbons (Fsp3) is 0.545. The van der Waals surface area contributed by atoms with Crippen molar-refractivity contribution in [2.24, 2.45) is 5.92 Å². The highest BCUT2D eigenvalue weighted by Crippen LogP contribution is 2.47. The van der Waals surface area contributed by atoms with Gasteiger partial charge in [0, 0.05) is 19.3 Å². The molecule has 0 fully saturated rings. The molecule has 8 heteroatoms. The van der Waals surface area contributed by atoms with E-state index in [0.717, 1.165) is 19.3 Å². The zero-order valence-corrected chi connectivity index (χ0v) is 17.4. The predicted octanol–water partition coefficient (Wildman–Crippen LogP) is 2.99. The lowest BCUT2D eigenvalue weighted by molar-refractivity contribution is -0.188. The summed E-state index contributed by atoms with van der Waals surface area (Å²) in [7, 11) is 0. The molecule has 4 unspecified atom stereocenters. The minimum absolute atomic E-state index is 0.0212. The van der Waals surface area contributed by atoms with Gasteiger partial charge in [0.25, 0.3) is 11.5 Å². The number of hydrogen-bond donors (Lipinski definition) is 3. The maximum absolute atomic E-state index is 12.6. The molecule has 2 heterocycles. The van der Waals surface area contributed by atoms with Crippen LogP contribution >= 0.6 is 0 Å². The summed E-state index contributed by atoms with van der Waals surface area (Å²) in [6.07, 6.45) is 0.707. The van der Waals surface area contributed by atoms with Crippen molar-refractivity contribution >= 4 is 11.8 Å². The SMILES string of the molecule is CCCCC(CC)C(=O)CC(O)C1OC(=O)C2=C1OC(C)(c1cc(O)ccc1O)O2. The molecule has 1 aromatic rings. The van der Waals surface area contributed by atoms with Gasteiger partial charge in [-0.05, 0) is 31.0 Å². The van der Waals surface area contributed by atoms with E-state index in [-0.39, 0.29) is 46.7 Å². The molecule has 8 nitrogen and oxygen atoms in total. The molecular weight excluding hydrogens is 392 g/mol. The molecule has 30 heavy (non-hydrogen) atoms. The topological polar surface area (TPSA) is 123 Å². The number of phenols is 2. The molecule has 0 saturated heterocycles. The van der Waals surface area contributed by atoms with E-state index in [9.17, 15) is 24.9 Å². The number of esters is 1. The van der Waals surface area contributed by atoms with Gasteiger partial charge in [-0.2, -0.15) is 0 Å². The lowest BCUT2D eigenvalue weighted by Gasteiger charge is -2.29. The van der Waals surface area contributed by atoms with Crippen molar-refractivity contribution in [2.45, 2.75) is 70.9 Å². The monoisotopic (exact) mass is 420 g/mol. The first kappa shape index (κ1) is 22.0. The Kier molecular flexibility index (Phi) is 6.26. The minimum atomic E-state index is -1.60. The van der Waals surface area contributed by atoms with Crippen LogP contribution in [0, 0.1) is 5.92 Å². The smallest absolute Gasteiger partial charge is 0.378 e. The van der Waals surface area contributed by atoms with Gasteiger partial charge in [-0.1, -0.05) is 26.7 Å². The van der Waals surface area contributed by atoms with Crippen LogP contribution in [-0.2, 0) is 29.6 Å². The van der Waals surface area contributed by atoms with Gasteiger partial charge in [0.1, 0.15) is 23.4 Å². The molecule has 4 atom stereocenters.